The van der Waals surface area contributed by atoms with E-state index in [1.165, 1.54) is 5.56 Å². The van der Waals surface area contributed by atoms with E-state index in [-0.39, 0.29) is 5.91 Å². The highest BCUT2D eigenvalue weighted by atomic mass is 35.5. The van der Waals surface area contributed by atoms with Crippen LogP contribution >= 0.6 is 11.6 Å². The molecule has 1 aromatic carbocycles. The first-order valence-corrected chi connectivity index (χ1v) is 6.70. The summed E-state index contributed by atoms with van der Waals surface area (Å²) in [6, 6.07) is 8.05. The van der Waals surface area contributed by atoms with Crippen LogP contribution in [0.15, 0.2) is 24.3 Å². The van der Waals surface area contributed by atoms with E-state index in [0.717, 1.165) is 18.6 Å². The predicted octanol–water partition coefficient (Wildman–Crippen LogP) is 2.76. The van der Waals surface area contributed by atoms with Crippen LogP contribution < -0.4 is 10.1 Å². The van der Waals surface area contributed by atoms with E-state index in [1.807, 2.05) is 12.1 Å². The Morgan fingerprint density at radius 2 is 2.06 bits per heavy atom. The molecule has 1 aromatic rings. The average molecular weight is 270 g/mol. The standard InChI is InChI=1S/C14H20ClNO2/c1-3-4-12-5-7-13(8-6-12)18-10-9-16-14(17)11(2)15/h5-8,11H,3-4,9-10H2,1-2H3,(H,16,17). The van der Waals surface area contributed by atoms with E-state index >= 15 is 0 Å². The van der Waals surface area contributed by atoms with Gasteiger partial charge in [-0.2, -0.15) is 0 Å². The van der Waals surface area contributed by atoms with Crippen LogP contribution in [-0.2, 0) is 11.2 Å². The van der Waals surface area contributed by atoms with Gasteiger partial charge >= 0.3 is 0 Å². The number of amides is 1. The van der Waals surface area contributed by atoms with Crippen LogP contribution in [0, 0.1) is 0 Å². The van der Waals surface area contributed by atoms with Crippen molar-refractivity contribution in [3.63, 3.8) is 0 Å². The second-order valence-electron chi connectivity index (χ2n) is 4.15. The van der Waals surface area contributed by atoms with Gasteiger partial charge in [-0.1, -0.05) is 25.5 Å². The third-order valence-corrected chi connectivity index (χ3v) is 2.69. The van der Waals surface area contributed by atoms with Crippen molar-refractivity contribution in [2.75, 3.05) is 13.2 Å². The van der Waals surface area contributed by atoms with Gasteiger partial charge in [0, 0.05) is 0 Å². The molecule has 0 aliphatic rings. The largest absolute Gasteiger partial charge is 0.492 e. The minimum absolute atomic E-state index is 0.168. The zero-order valence-corrected chi connectivity index (χ0v) is 11.7. The average Bonchev–Trinajstić information content (AvgIpc) is 2.36. The van der Waals surface area contributed by atoms with E-state index in [4.69, 9.17) is 16.3 Å². The Morgan fingerprint density at radius 1 is 1.39 bits per heavy atom. The Morgan fingerprint density at radius 3 is 2.61 bits per heavy atom. The molecule has 3 nitrogen and oxygen atoms in total. The van der Waals surface area contributed by atoms with Crippen LogP contribution in [0.5, 0.6) is 5.75 Å². The van der Waals surface area contributed by atoms with Gasteiger partial charge in [0.2, 0.25) is 5.91 Å². The van der Waals surface area contributed by atoms with Crippen molar-refractivity contribution in [3.8, 4) is 5.75 Å². The van der Waals surface area contributed by atoms with Crippen LogP contribution in [0.4, 0.5) is 0 Å². The highest BCUT2D eigenvalue weighted by Gasteiger charge is 2.07. The molecule has 1 rings (SSSR count). The van der Waals surface area contributed by atoms with E-state index in [2.05, 4.69) is 24.4 Å². The van der Waals surface area contributed by atoms with Crippen molar-refractivity contribution in [2.24, 2.45) is 0 Å². The van der Waals surface area contributed by atoms with Crippen molar-refractivity contribution < 1.29 is 9.53 Å². The van der Waals surface area contributed by atoms with E-state index < -0.39 is 5.38 Å². The summed E-state index contributed by atoms with van der Waals surface area (Å²) in [6.07, 6.45) is 2.23. The van der Waals surface area contributed by atoms with Crippen LogP contribution in [0.3, 0.4) is 0 Å². The lowest BCUT2D eigenvalue weighted by Gasteiger charge is -2.09. The highest BCUT2D eigenvalue weighted by Crippen LogP contribution is 2.12. The molecule has 1 unspecified atom stereocenters. The van der Waals surface area contributed by atoms with Gasteiger partial charge in [0.1, 0.15) is 17.7 Å². The molecule has 0 saturated heterocycles. The molecule has 1 amide bonds. The Hall–Kier alpha value is -1.22. The molecule has 4 heteroatoms. The van der Waals surface area contributed by atoms with Crippen molar-refractivity contribution in [3.05, 3.63) is 29.8 Å². The second-order valence-corrected chi connectivity index (χ2v) is 4.80. The monoisotopic (exact) mass is 269 g/mol. The smallest absolute Gasteiger partial charge is 0.237 e. The zero-order chi connectivity index (χ0) is 13.4. The summed E-state index contributed by atoms with van der Waals surface area (Å²) in [5.41, 5.74) is 1.31. The first kappa shape index (κ1) is 14.8. The van der Waals surface area contributed by atoms with Gasteiger partial charge in [-0.25, -0.2) is 0 Å². The van der Waals surface area contributed by atoms with Gasteiger partial charge in [-0.3, -0.25) is 4.79 Å². The molecule has 0 aliphatic heterocycles. The van der Waals surface area contributed by atoms with E-state index in [0.29, 0.717) is 13.2 Å². The van der Waals surface area contributed by atoms with E-state index in [1.54, 1.807) is 6.92 Å². The summed E-state index contributed by atoms with van der Waals surface area (Å²) >= 11 is 5.62. The van der Waals surface area contributed by atoms with Crippen LogP contribution in [0.25, 0.3) is 0 Å². The molecule has 0 spiro atoms. The summed E-state index contributed by atoms with van der Waals surface area (Å²) in [6.45, 7) is 4.71. The van der Waals surface area contributed by atoms with Gasteiger partial charge < -0.3 is 10.1 Å². The summed E-state index contributed by atoms with van der Waals surface area (Å²) < 4.78 is 5.51. The molecule has 100 valence electrons. The lowest BCUT2D eigenvalue weighted by atomic mass is 10.1. The molecule has 0 aromatic heterocycles. The quantitative estimate of drug-likeness (QED) is 0.611. The topological polar surface area (TPSA) is 38.3 Å². The third kappa shape index (κ3) is 5.41. The number of carbonyl (C=O) groups excluding carboxylic acids is 1. The summed E-state index contributed by atoms with van der Waals surface area (Å²) in [5.74, 6) is 0.654. The number of halogens is 1. The maximum absolute atomic E-state index is 11.2. The number of hydrogen-bond acceptors (Lipinski definition) is 2. The predicted molar refractivity (Wildman–Crippen MR) is 74.3 cm³/mol. The minimum Gasteiger partial charge on any atom is -0.492 e. The fourth-order valence-corrected chi connectivity index (χ4v) is 1.60. The number of alkyl halides is 1. The van der Waals surface area contributed by atoms with Crippen molar-refractivity contribution >= 4 is 17.5 Å². The molecule has 0 radical (unpaired) electrons. The summed E-state index contributed by atoms with van der Waals surface area (Å²) in [5, 5.41) is 2.19. The van der Waals surface area contributed by atoms with Crippen molar-refractivity contribution in [1.29, 1.82) is 0 Å². The van der Waals surface area contributed by atoms with Gasteiger partial charge in [0.15, 0.2) is 0 Å². The van der Waals surface area contributed by atoms with Crippen molar-refractivity contribution in [1.82, 2.24) is 5.32 Å². The van der Waals surface area contributed by atoms with Gasteiger partial charge in [0.25, 0.3) is 0 Å². The van der Waals surface area contributed by atoms with Gasteiger partial charge in [-0.15, -0.1) is 11.6 Å². The molecule has 0 fully saturated rings. The first-order valence-electron chi connectivity index (χ1n) is 6.27. The molecule has 1 N–H and O–H groups in total. The fraction of sp³-hybridized carbons (Fsp3) is 0.500. The van der Waals surface area contributed by atoms with E-state index in [9.17, 15) is 4.79 Å². The minimum atomic E-state index is -0.502. The molecule has 0 bridgehead atoms. The number of carbonyl (C=O) groups is 1. The zero-order valence-electron chi connectivity index (χ0n) is 10.9. The Kier molecular flexibility index (Phi) is 6.58. The number of aryl methyl sites for hydroxylation is 1. The number of rotatable bonds is 7. The Bertz CT molecular complexity index is 363. The van der Waals surface area contributed by atoms with Crippen LogP contribution in [0.2, 0.25) is 0 Å². The maximum Gasteiger partial charge on any atom is 0.237 e. The Balaban J connectivity index is 2.25. The lowest BCUT2D eigenvalue weighted by molar-refractivity contribution is -0.120. The van der Waals surface area contributed by atoms with Gasteiger partial charge in [-0.05, 0) is 31.0 Å². The van der Waals surface area contributed by atoms with Crippen LogP contribution in [0.1, 0.15) is 25.8 Å². The number of ether oxygens (including phenoxy) is 1. The normalized spacial score (nSPS) is 11.9. The third-order valence-electron chi connectivity index (χ3n) is 2.49. The summed E-state index contributed by atoms with van der Waals surface area (Å²) in [7, 11) is 0. The molecule has 18 heavy (non-hydrogen) atoms. The molecule has 0 heterocycles. The Labute approximate surface area is 113 Å². The number of hydrogen-bond donors (Lipinski definition) is 1. The summed E-state index contributed by atoms with van der Waals surface area (Å²) in [4.78, 5) is 11.2. The maximum atomic E-state index is 11.2. The van der Waals surface area contributed by atoms with Crippen molar-refractivity contribution in [2.45, 2.75) is 32.1 Å². The fourth-order valence-electron chi connectivity index (χ4n) is 1.52. The second kappa shape index (κ2) is 7.98. The van der Waals surface area contributed by atoms with Gasteiger partial charge in [0.05, 0.1) is 6.54 Å². The SMILES string of the molecule is CCCc1ccc(OCCNC(=O)C(C)Cl)cc1. The molecular weight excluding hydrogens is 250 g/mol. The van der Waals surface area contributed by atoms with Crippen LogP contribution in [-0.4, -0.2) is 24.4 Å². The lowest BCUT2D eigenvalue weighted by Crippen LogP contribution is -2.32. The molecule has 0 aliphatic carbocycles. The molecular formula is C14H20ClNO2. The molecule has 0 saturated carbocycles. The number of nitrogens with one attached hydrogen (secondary N) is 1. The first-order chi connectivity index (χ1) is 8.63. The highest BCUT2D eigenvalue weighted by molar-refractivity contribution is 6.30. The number of benzene rings is 1. The molecule has 1 atom stereocenters.